The Bertz CT molecular complexity index is 462. The zero-order valence-electron chi connectivity index (χ0n) is 11.1. The van der Waals surface area contributed by atoms with Crippen LogP contribution in [0.2, 0.25) is 0 Å². The van der Waals surface area contributed by atoms with Gasteiger partial charge in [0.1, 0.15) is 11.5 Å². The van der Waals surface area contributed by atoms with Gasteiger partial charge >= 0.3 is 6.36 Å². The molecule has 0 radical (unpaired) electrons. The number of hydrogen-bond acceptors (Lipinski definition) is 2. The largest absolute Gasteiger partial charge is 0.573 e. The topological polar surface area (TPSA) is 26.3 Å². The molecule has 110 valence electrons. The highest BCUT2D eigenvalue weighted by Gasteiger charge is 2.32. The average Bonchev–Trinajstić information content (AvgIpc) is 2.89. The number of para-hydroxylation sites is 1. The first-order valence-electron chi connectivity index (χ1n) is 6.82. The molecule has 0 N–H and O–H groups in total. The standard InChI is InChI=1S/C15H17F3O2/c16-15(17,18)20-14-8-4-3-7-12(14)9-10-13(19)11-5-1-2-6-11/h3-4,7-8,11H,1-2,5-6,9-10H2. The maximum Gasteiger partial charge on any atom is 0.573 e. The lowest BCUT2D eigenvalue weighted by Gasteiger charge is -2.13. The van der Waals surface area contributed by atoms with Crippen LogP contribution in [0.1, 0.15) is 37.7 Å². The molecule has 1 aromatic carbocycles. The van der Waals surface area contributed by atoms with Gasteiger partial charge in [0.05, 0.1) is 0 Å². The average molecular weight is 286 g/mol. The molecule has 0 saturated heterocycles. The molecule has 1 aromatic rings. The van der Waals surface area contributed by atoms with Crippen LogP contribution in [-0.4, -0.2) is 12.1 Å². The molecule has 0 bridgehead atoms. The van der Waals surface area contributed by atoms with Gasteiger partial charge in [0, 0.05) is 12.3 Å². The van der Waals surface area contributed by atoms with Crippen molar-refractivity contribution in [3.63, 3.8) is 0 Å². The summed E-state index contributed by atoms with van der Waals surface area (Å²) in [6, 6.07) is 5.99. The van der Waals surface area contributed by atoms with Crippen LogP contribution < -0.4 is 4.74 Å². The Labute approximate surface area is 115 Å². The molecule has 1 aliphatic carbocycles. The molecule has 5 heteroatoms. The Morgan fingerprint density at radius 2 is 1.85 bits per heavy atom. The first-order chi connectivity index (χ1) is 9.46. The Morgan fingerprint density at radius 1 is 1.20 bits per heavy atom. The van der Waals surface area contributed by atoms with E-state index in [0.29, 0.717) is 12.0 Å². The number of benzene rings is 1. The third-order valence-electron chi connectivity index (χ3n) is 3.65. The van der Waals surface area contributed by atoms with Gasteiger partial charge in [0.25, 0.3) is 0 Å². The van der Waals surface area contributed by atoms with Crippen molar-refractivity contribution in [2.45, 2.75) is 44.9 Å². The number of alkyl halides is 3. The van der Waals surface area contributed by atoms with E-state index in [9.17, 15) is 18.0 Å². The van der Waals surface area contributed by atoms with Crippen LogP contribution >= 0.6 is 0 Å². The summed E-state index contributed by atoms with van der Waals surface area (Å²) >= 11 is 0. The lowest BCUT2D eigenvalue weighted by molar-refractivity contribution is -0.274. The highest BCUT2D eigenvalue weighted by atomic mass is 19.4. The number of hydrogen-bond donors (Lipinski definition) is 0. The Balaban J connectivity index is 1.96. The monoisotopic (exact) mass is 286 g/mol. The lowest BCUT2D eigenvalue weighted by atomic mass is 9.96. The molecule has 2 nitrogen and oxygen atoms in total. The summed E-state index contributed by atoms with van der Waals surface area (Å²) in [7, 11) is 0. The Hall–Kier alpha value is -1.52. The summed E-state index contributed by atoms with van der Waals surface area (Å²) < 4.78 is 40.8. The van der Waals surface area contributed by atoms with E-state index in [-0.39, 0.29) is 23.9 Å². The van der Waals surface area contributed by atoms with Crippen LogP contribution in [0.15, 0.2) is 24.3 Å². The maximum absolute atomic E-state index is 12.3. The molecule has 0 atom stereocenters. The molecule has 2 rings (SSSR count). The zero-order chi connectivity index (χ0) is 14.6. The number of halogens is 3. The van der Waals surface area contributed by atoms with Crippen LogP contribution in [0.25, 0.3) is 0 Å². The van der Waals surface area contributed by atoms with Crippen molar-refractivity contribution in [1.29, 1.82) is 0 Å². The summed E-state index contributed by atoms with van der Waals surface area (Å²) in [5.74, 6) is 0.0502. The SMILES string of the molecule is O=C(CCc1ccccc1OC(F)(F)F)C1CCCC1. The second-order valence-corrected chi connectivity index (χ2v) is 5.10. The first kappa shape index (κ1) is 14.9. The summed E-state index contributed by atoms with van der Waals surface area (Å²) in [5.41, 5.74) is 0.427. The fraction of sp³-hybridized carbons (Fsp3) is 0.533. The van der Waals surface area contributed by atoms with E-state index < -0.39 is 6.36 Å². The minimum Gasteiger partial charge on any atom is -0.406 e. The number of ether oxygens (including phenoxy) is 1. The molecule has 0 aliphatic heterocycles. The number of Topliss-reactive ketones (excluding diaryl/α,β-unsaturated/α-hetero) is 1. The molecule has 0 aromatic heterocycles. The van der Waals surface area contributed by atoms with E-state index in [1.165, 1.54) is 12.1 Å². The van der Waals surface area contributed by atoms with E-state index in [2.05, 4.69) is 4.74 Å². The van der Waals surface area contributed by atoms with E-state index in [1.54, 1.807) is 12.1 Å². The Kier molecular flexibility index (Phi) is 4.68. The predicted octanol–water partition coefficient (Wildman–Crippen LogP) is 4.28. The molecule has 0 spiro atoms. The van der Waals surface area contributed by atoms with Crippen molar-refractivity contribution >= 4 is 5.78 Å². The van der Waals surface area contributed by atoms with Crippen LogP contribution in [0, 0.1) is 5.92 Å². The van der Waals surface area contributed by atoms with Gasteiger partial charge in [-0.05, 0) is 30.9 Å². The van der Waals surface area contributed by atoms with Crippen LogP contribution in [0.5, 0.6) is 5.75 Å². The number of carbonyl (C=O) groups excluding carboxylic acids is 1. The van der Waals surface area contributed by atoms with Crippen LogP contribution in [-0.2, 0) is 11.2 Å². The molecular weight excluding hydrogens is 269 g/mol. The lowest BCUT2D eigenvalue weighted by Crippen LogP contribution is -2.18. The molecule has 0 heterocycles. The number of carbonyl (C=O) groups is 1. The first-order valence-corrected chi connectivity index (χ1v) is 6.82. The minimum atomic E-state index is -4.70. The molecule has 1 aliphatic rings. The van der Waals surface area contributed by atoms with Gasteiger partial charge in [-0.25, -0.2) is 0 Å². The second-order valence-electron chi connectivity index (χ2n) is 5.10. The summed E-state index contributed by atoms with van der Waals surface area (Å²) in [4.78, 5) is 12.0. The van der Waals surface area contributed by atoms with Crippen molar-refractivity contribution in [2.24, 2.45) is 5.92 Å². The number of ketones is 1. The van der Waals surface area contributed by atoms with Crippen molar-refractivity contribution in [2.75, 3.05) is 0 Å². The molecule has 0 amide bonds. The number of rotatable bonds is 5. The van der Waals surface area contributed by atoms with Gasteiger partial charge in [-0.2, -0.15) is 0 Å². The van der Waals surface area contributed by atoms with E-state index in [4.69, 9.17) is 0 Å². The van der Waals surface area contributed by atoms with Gasteiger partial charge in [0.2, 0.25) is 0 Å². The number of aryl methyl sites for hydroxylation is 1. The van der Waals surface area contributed by atoms with Gasteiger partial charge in [-0.15, -0.1) is 13.2 Å². The minimum absolute atomic E-state index is 0.102. The Morgan fingerprint density at radius 3 is 2.50 bits per heavy atom. The molecular formula is C15H17F3O2. The maximum atomic E-state index is 12.3. The molecule has 0 unspecified atom stereocenters. The van der Waals surface area contributed by atoms with Gasteiger partial charge in [0.15, 0.2) is 0 Å². The summed E-state index contributed by atoms with van der Waals surface area (Å²) in [6.45, 7) is 0. The fourth-order valence-corrected chi connectivity index (χ4v) is 2.64. The van der Waals surface area contributed by atoms with Crippen molar-refractivity contribution in [1.82, 2.24) is 0 Å². The molecule has 1 saturated carbocycles. The van der Waals surface area contributed by atoms with Gasteiger partial charge in [-0.1, -0.05) is 31.0 Å². The van der Waals surface area contributed by atoms with E-state index in [1.807, 2.05) is 0 Å². The van der Waals surface area contributed by atoms with Crippen molar-refractivity contribution in [3.8, 4) is 5.75 Å². The highest BCUT2D eigenvalue weighted by Crippen LogP contribution is 2.29. The summed E-state index contributed by atoms with van der Waals surface area (Å²) in [5, 5.41) is 0. The highest BCUT2D eigenvalue weighted by molar-refractivity contribution is 5.81. The van der Waals surface area contributed by atoms with Crippen LogP contribution in [0.4, 0.5) is 13.2 Å². The van der Waals surface area contributed by atoms with Gasteiger partial charge in [-0.3, -0.25) is 4.79 Å². The normalized spacial score (nSPS) is 16.4. The molecule has 1 fully saturated rings. The quantitative estimate of drug-likeness (QED) is 0.807. The van der Waals surface area contributed by atoms with Crippen molar-refractivity contribution < 1.29 is 22.7 Å². The third-order valence-corrected chi connectivity index (χ3v) is 3.65. The smallest absolute Gasteiger partial charge is 0.406 e. The van der Waals surface area contributed by atoms with Crippen LogP contribution in [0.3, 0.4) is 0 Å². The summed E-state index contributed by atoms with van der Waals surface area (Å²) in [6.07, 6.45) is -0.149. The fourth-order valence-electron chi connectivity index (χ4n) is 2.64. The molecule has 20 heavy (non-hydrogen) atoms. The third kappa shape index (κ3) is 4.25. The van der Waals surface area contributed by atoms with E-state index >= 15 is 0 Å². The van der Waals surface area contributed by atoms with Crippen molar-refractivity contribution in [3.05, 3.63) is 29.8 Å². The second kappa shape index (κ2) is 6.29. The predicted molar refractivity (Wildman–Crippen MR) is 68.4 cm³/mol. The van der Waals surface area contributed by atoms with Gasteiger partial charge < -0.3 is 4.74 Å². The zero-order valence-corrected chi connectivity index (χ0v) is 11.1. The van der Waals surface area contributed by atoms with E-state index in [0.717, 1.165) is 25.7 Å².